The van der Waals surface area contributed by atoms with Gasteiger partial charge >= 0.3 is 0 Å². The zero-order valence-electron chi connectivity index (χ0n) is 11.8. The molecular weight excluding hydrogens is 238 g/mol. The van der Waals surface area contributed by atoms with Gasteiger partial charge in [-0.05, 0) is 30.9 Å². The SMILES string of the molecule is CCC1CCCCC1Nc1ccnc(C(=O)NC)c1. The summed E-state index contributed by atoms with van der Waals surface area (Å²) in [6.07, 6.45) is 8.07. The molecule has 2 N–H and O–H groups in total. The molecule has 1 saturated carbocycles. The molecule has 1 amide bonds. The van der Waals surface area contributed by atoms with Crippen LogP contribution in [0.15, 0.2) is 18.3 Å². The number of aromatic nitrogens is 1. The van der Waals surface area contributed by atoms with E-state index in [2.05, 4.69) is 22.5 Å². The fraction of sp³-hybridized carbons (Fsp3) is 0.600. The van der Waals surface area contributed by atoms with E-state index in [1.54, 1.807) is 13.2 Å². The fourth-order valence-electron chi connectivity index (χ4n) is 2.87. The topological polar surface area (TPSA) is 54.0 Å². The predicted molar refractivity (Wildman–Crippen MR) is 77.3 cm³/mol. The number of carbonyl (C=O) groups excluding carboxylic acids is 1. The Balaban J connectivity index is 2.07. The number of hydrogen-bond donors (Lipinski definition) is 2. The quantitative estimate of drug-likeness (QED) is 0.876. The standard InChI is InChI=1S/C15H23N3O/c1-3-11-6-4-5-7-13(11)18-12-8-9-17-14(10-12)15(19)16-2/h8-11,13H,3-7H2,1-2H3,(H,16,19)(H,17,18). The molecule has 2 atom stereocenters. The van der Waals surface area contributed by atoms with Gasteiger partial charge in [0.1, 0.15) is 5.69 Å². The van der Waals surface area contributed by atoms with Gasteiger partial charge in [0.2, 0.25) is 0 Å². The lowest BCUT2D eigenvalue weighted by Crippen LogP contribution is -2.32. The third kappa shape index (κ3) is 3.46. The highest BCUT2D eigenvalue weighted by Crippen LogP contribution is 2.29. The second-order valence-corrected chi connectivity index (χ2v) is 5.21. The summed E-state index contributed by atoms with van der Waals surface area (Å²) < 4.78 is 0. The Bertz CT molecular complexity index is 433. The van der Waals surface area contributed by atoms with Crippen molar-refractivity contribution in [2.45, 2.75) is 45.1 Å². The van der Waals surface area contributed by atoms with Crippen LogP contribution in [-0.4, -0.2) is 24.0 Å². The molecule has 2 rings (SSSR count). The van der Waals surface area contributed by atoms with Crippen molar-refractivity contribution < 1.29 is 4.79 Å². The highest BCUT2D eigenvalue weighted by atomic mass is 16.1. The first-order valence-corrected chi connectivity index (χ1v) is 7.19. The Morgan fingerprint density at radius 3 is 2.95 bits per heavy atom. The van der Waals surface area contributed by atoms with E-state index in [0.29, 0.717) is 11.7 Å². The van der Waals surface area contributed by atoms with Crippen LogP contribution in [0.5, 0.6) is 0 Å². The van der Waals surface area contributed by atoms with E-state index >= 15 is 0 Å². The van der Waals surface area contributed by atoms with Gasteiger partial charge in [-0.1, -0.05) is 26.2 Å². The lowest BCUT2D eigenvalue weighted by atomic mass is 9.83. The first-order chi connectivity index (χ1) is 9.24. The third-order valence-corrected chi connectivity index (χ3v) is 4.01. The minimum Gasteiger partial charge on any atom is -0.382 e. The molecule has 4 heteroatoms. The van der Waals surface area contributed by atoms with Gasteiger partial charge in [-0.2, -0.15) is 0 Å². The van der Waals surface area contributed by atoms with Crippen LogP contribution >= 0.6 is 0 Å². The van der Waals surface area contributed by atoms with E-state index in [4.69, 9.17) is 0 Å². The fourth-order valence-corrected chi connectivity index (χ4v) is 2.87. The summed E-state index contributed by atoms with van der Waals surface area (Å²) in [6, 6.07) is 4.30. The second kappa shape index (κ2) is 6.55. The summed E-state index contributed by atoms with van der Waals surface area (Å²) >= 11 is 0. The summed E-state index contributed by atoms with van der Waals surface area (Å²) in [5.41, 5.74) is 1.47. The van der Waals surface area contributed by atoms with Crippen LogP contribution in [0, 0.1) is 5.92 Å². The van der Waals surface area contributed by atoms with E-state index < -0.39 is 0 Å². The number of nitrogens with one attached hydrogen (secondary N) is 2. The van der Waals surface area contributed by atoms with E-state index in [1.165, 1.54) is 32.1 Å². The Morgan fingerprint density at radius 2 is 2.21 bits per heavy atom. The maximum atomic E-state index is 11.6. The van der Waals surface area contributed by atoms with Crippen molar-refractivity contribution in [3.8, 4) is 0 Å². The van der Waals surface area contributed by atoms with Crippen molar-refractivity contribution in [1.82, 2.24) is 10.3 Å². The molecule has 4 nitrogen and oxygen atoms in total. The van der Waals surface area contributed by atoms with Crippen molar-refractivity contribution in [2.75, 3.05) is 12.4 Å². The smallest absolute Gasteiger partial charge is 0.269 e. The summed E-state index contributed by atoms with van der Waals surface area (Å²) in [7, 11) is 1.62. The number of amides is 1. The third-order valence-electron chi connectivity index (χ3n) is 4.01. The molecule has 0 aromatic carbocycles. The maximum absolute atomic E-state index is 11.6. The van der Waals surface area contributed by atoms with Crippen LogP contribution in [0.1, 0.15) is 49.5 Å². The van der Waals surface area contributed by atoms with E-state index in [0.717, 1.165) is 11.6 Å². The van der Waals surface area contributed by atoms with Crippen LogP contribution in [0.2, 0.25) is 0 Å². The lowest BCUT2D eigenvalue weighted by Gasteiger charge is -2.32. The molecule has 2 unspecified atom stereocenters. The van der Waals surface area contributed by atoms with Gasteiger partial charge in [-0.25, -0.2) is 0 Å². The molecule has 1 aliphatic rings. The van der Waals surface area contributed by atoms with Crippen LogP contribution in [0.25, 0.3) is 0 Å². The van der Waals surface area contributed by atoms with Gasteiger partial charge in [-0.3, -0.25) is 9.78 Å². The van der Waals surface area contributed by atoms with E-state index in [-0.39, 0.29) is 5.91 Å². The first-order valence-electron chi connectivity index (χ1n) is 7.19. The minimum absolute atomic E-state index is 0.140. The number of carbonyl (C=O) groups is 1. The van der Waals surface area contributed by atoms with Gasteiger partial charge in [0.05, 0.1) is 0 Å². The summed E-state index contributed by atoms with van der Waals surface area (Å²) in [4.78, 5) is 15.7. The Morgan fingerprint density at radius 1 is 1.42 bits per heavy atom. The molecule has 0 spiro atoms. The van der Waals surface area contributed by atoms with Gasteiger partial charge in [0, 0.05) is 25.0 Å². The molecular formula is C15H23N3O. The van der Waals surface area contributed by atoms with E-state index in [9.17, 15) is 4.79 Å². The number of pyridine rings is 1. The molecule has 104 valence electrons. The maximum Gasteiger partial charge on any atom is 0.269 e. The Hall–Kier alpha value is -1.58. The molecule has 0 bridgehead atoms. The Labute approximate surface area is 115 Å². The molecule has 1 heterocycles. The van der Waals surface area contributed by atoms with Crippen molar-refractivity contribution in [3.63, 3.8) is 0 Å². The van der Waals surface area contributed by atoms with Gasteiger partial charge in [0.25, 0.3) is 5.91 Å². The van der Waals surface area contributed by atoms with Crippen LogP contribution in [0.3, 0.4) is 0 Å². The van der Waals surface area contributed by atoms with Crippen LogP contribution in [0.4, 0.5) is 5.69 Å². The lowest BCUT2D eigenvalue weighted by molar-refractivity contribution is 0.0958. The van der Waals surface area contributed by atoms with Crippen LogP contribution in [-0.2, 0) is 0 Å². The predicted octanol–water partition coefficient (Wildman–Crippen LogP) is 2.82. The monoisotopic (exact) mass is 261 g/mol. The highest BCUT2D eigenvalue weighted by molar-refractivity contribution is 5.92. The average molecular weight is 261 g/mol. The Kier molecular flexibility index (Phi) is 4.77. The zero-order valence-corrected chi connectivity index (χ0v) is 11.8. The first kappa shape index (κ1) is 13.8. The number of rotatable bonds is 4. The molecule has 0 saturated heterocycles. The minimum atomic E-state index is -0.140. The van der Waals surface area contributed by atoms with Crippen molar-refractivity contribution >= 4 is 11.6 Å². The second-order valence-electron chi connectivity index (χ2n) is 5.21. The average Bonchev–Trinajstić information content (AvgIpc) is 2.47. The van der Waals surface area contributed by atoms with Crippen molar-refractivity contribution in [1.29, 1.82) is 0 Å². The van der Waals surface area contributed by atoms with E-state index in [1.807, 2.05) is 12.1 Å². The number of hydrogen-bond acceptors (Lipinski definition) is 3. The molecule has 1 aromatic rings. The number of nitrogens with zero attached hydrogens (tertiary/aromatic N) is 1. The van der Waals surface area contributed by atoms with Gasteiger partial charge in [-0.15, -0.1) is 0 Å². The molecule has 1 aromatic heterocycles. The highest BCUT2D eigenvalue weighted by Gasteiger charge is 2.23. The summed E-state index contributed by atoms with van der Waals surface area (Å²) in [5, 5.41) is 6.18. The molecule has 1 aliphatic carbocycles. The summed E-state index contributed by atoms with van der Waals surface area (Å²) in [5.74, 6) is 0.602. The van der Waals surface area contributed by atoms with Crippen molar-refractivity contribution in [2.24, 2.45) is 5.92 Å². The molecule has 0 aliphatic heterocycles. The van der Waals surface area contributed by atoms with Crippen LogP contribution < -0.4 is 10.6 Å². The van der Waals surface area contributed by atoms with Gasteiger partial charge in [0.15, 0.2) is 0 Å². The summed E-state index contributed by atoms with van der Waals surface area (Å²) in [6.45, 7) is 2.26. The molecule has 1 fully saturated rings. The van der Waals surface area contributed by atoms with Gasteiger partial charge < -0.3 is 10.6 Å². The number of anilines is 1. The largest absolute Gasteiger partial charge is 0.382 e. The van der Waals surface area contributed by atoms with Crippen molar-refractivity contribution in [3.05, 3.63) is 24.0 Å². The molecule has 0 radical (unpaired) electrons. The normalized spacial score (nSPS) is 22.8. The zero-order chi connectivity index (χ0) is 13.7. The molecule has 19 heavy (non-hydrogen) atoms.